The highest BCUT2D eigenvalue weighted by molar-refractivity contribution is 6.06. The molecular formula is C32H45NO4. The fourth-order valence-corrected chi connectivity index (χ4v) is 6.27. The van der Waals surface area contributed by atoms with Crippen molar-refractivity contribution in [3.8, 4) is 11.5 Å². The van der Waals surface area contributed by atoms with Crippen LogP contribution in [0.25, 0.3) is 0 Å². The lowest BCUT2D eigenvalue weighted by molar-refractivity contribution is -0.119. The molecule has 0 aromatic heterocycles. The lowest BCUT2D eigenvalue weighted by Gasteiger charge is -2.44. The zero-order valence-electron chi connectivity index (χ0n) is 23.7. The highest BCUT2D eigenvalue weighted by atomic mass is 16.5. The molecule has 1 N–H and O–H groups in total. The summed E-state index contributed by atoms with van der Waals surface area (Å²) in [5.74, 6) is 1.27. The first-order valence-corrected chi connectivity index (χ1v) is 14.2. The molecule has 5 nitrogen and oxygen atoms in total. The molecule has 1 aromatic carbocycles. The number of allylic oxidation sites excluding steroid dienone is 4. The van der Waals surface area contributed by atoms with Crippen LogP contribution in [0.4, 0.5) is 0 Å². The fraction of sp³-hybridized carbons (Fsp3) is 0.625. The first-order chi connectivity index (χ1) is 17.5. The first-order valence-electron chi connectivity index (χ1n) is 14.2. The third kappa shape index (κ3) is 6.13. The maximum atomic E-state index is 13.5. The Labute approximate surface area is 223 Å². The van der Waals surface area contributed by atoms with Crippen LogP contribution in [0.15, 0.2) is 40.7 Å². The van der Waals surface area contributed by atoms with E-state index >= 15 is 0 Å². The van der Waals surface area contributed by atoms with E-state index in [0.717, 1.165) is 47.4 Å². The van der Waals surface area contributed by atoms with Gasteiger partial charge in [0.15, 0.2) is 23.1 Å². The van der Waals surface area contributed by atoms with E-state index in [1.807, 2.05) is 18.2 Å². The van der Waals surface area contributed by atoms with Crippen molar-refractivity contribution in [1.82, 2.24) is 5.32 Å². The summed E-state index contributed by atoms with van der Waals surface area (Å²) in [6.45, 7) is 11.5. The molecule has 0 bridgehead atoms. The van der Waals surface area contributed by atoms with Gasteiger partial charge < -0.3 is 14.8 Å². The van der Waals surface area contributed by atoms with E-state index in [-0.39, 0.29) is 28.3 Å². The summed E-state index contributed by atoms with van der Waals surface area (Å²) in [6.07, 6.45) is 9.83. The van der Waals surface area contributed by atoms with Crippen molar-refractivity contribution in [2.45, 2.75) is 105 Å². The lowest BCUT2D eigenvalue weighted by Crippen LogP contribution is -2.42. The number of ether oxygens (including phenoxy) is 2. The molecule has 2 aliphatic carbocycles. The number of hydrogen-bond acceptors (Lipinski definition) is 5. The van der Waals surface area contributed by atoms with E-state index in [9.17, 15) is 9.59 Å². The number of Topliss-reactive ketones (excluding diaryl/α,β-unsaturated/α-hetero) is 2. The van der Waals surface area contributed by atoms with Crippen molar-refractivity contribution < 1.29 is 19.1 Å². The lowest BCUT2D eigenvalue weighted by atomic mass is 9.64. The molecule has 5 heteroatoms. The Bertz CT molecular complexity index is 1060. The van der Waals surface area contributed by atoms with E-state index in [0.29, 0.717) is 30.9 Å². The second-order valence-electron chi connectivity index (χ2n) is 12.8. The van der Waals surface area contributed by atoms with Gasteiger partial charge in [0.05, 0.1) is 13.7 Å². The summed E-state index contributed by atoms with van der Waals surface area (Å²) >= 11 is 0. The van der Waals surface area contributed by atoms with E-state index in [1.54, 1.807) is 7.11 Å². The average molecular weight is 508 g/mol. The molecule has 4 rings (SSSR count). The number of rotatable bonds is 10. The van der Waals surface area contributed by atoms with Crippen molar-refractivity contribution in [2.24, 2.45) is 10.8 Å². The van der Waals surface area contributed by atoms with Crippen molar-refractivity contribution in [3.05, 3.63) is 46.3 Å². The largest absolute Gasteiger partial charge is 0.493 e. The van der Waals surface area contributed by atoms with Crippen LogP contribution in [0.5, 0.6) is 11.5 Å². The van der Waals surface area contributed by atoms with Crippen molar-refractivity contribution in [3.63, 3.8) is 0 Å². The van der Waals surface area contributed by atoms with Gasteiger partial charge in [-0.05, 0) is 47.8 Å². The monoisotopic (exact) mass is 507 g/mol. The van der Waals surface area contributed by atoms with Crippen molar-refractivity contribution >= 4 is 11.6 Å². The minimum atomic E-state index is -0.361. The zero-order chi connectivity index (χ0) is 26.8. The molecule has 0 saturated heterocycles. The summed E-state index contributed by atoms with van der Waals surface area (Å²) in [6, 6.07) is 5.94. The second kappa shape index (κ2) is 11.0. The minimum Gasteiger partial charge on any atom is -0.493 e. The van der Waals surface area contributed by atoms with E-state index in [1.165, 1.54) is 32.1 Å². The van der Waals surface area contributed by atoms with Crippen molar-refractivity contribution in [1.29, 1.82) is 0 Å². The molecule has 1 aliphatic heterocycles. The number of nitrogens with one attached hydrogen (secondary N) is 1. The number of carbonyl (C=O) groups excluding carboxylic acids is 2. The molecule has 1 heterocycles. The number of dihydropyridines is 1. The summed E-state index contributed by atoms with van der Waals surface area (Å²) in [4.78, 5) is 27.1. The molecule has 0 saturated carbocycles. The Balaban J connectivity index is 1.64. The summed E-state index contributed by atoms with van der Waals surface area (Å²) < 4.78 is 11.8. The van der Waals surface area contributed by atoms with Gasteiger partial charge in [-0.1, -0.05) is 72.8 Å². The number of carbonyl (C=O) groups is 2. The molecular weight excluding hydrogens is 462 g/mol. The highest BCUT2D eigenvalue weighted by Crippen LogP contribution is 2.51. The van der Waals surface area contributed by atoms with Gasteiger partial charge >= 0.3 is 0 Å². The number of benzene rings is 1. The predicted molar refractivity (Wildman–Crippen MR) is 148 cm³/mol. The highest BCUT2D eigenvalue weighted by Gasteiger charge is 2.46. The van der Waals surface area contributed by atoms with Crippen LogP contribution in [0, 0.1) is 10.8 Å². The van der Waals surface area contributed by atoms with E-state index < -0.39 is 0 Å². The van der Waals surface area contributed by atoms with Gasteiger partial charge in [-0.3, -0.25) is 9.59 Å². The zero-order valence-corrected chi connectivity index (χ0v) is 23.7. The summed E-state index contributed by atoms with van der Waals surface area (Å²) in [5.41, 5.74) is 4.20. The molecule has 0 fully saturated rings. The maximum absolute atomic E-state index is 13.5. The Morgan fingerprint density at radius 3 is 1.95 bits per heavy atom. The van der Waals surface area contributed by atoms with Crippen LogP contribution in [0.2, 0.25) is 0 Å². The van der Waals surface area contributed by atoms with Crippen LogP contribution >= 0.6 is 0 Å². The van der Waals surface area contributed by atoms with Gasteiger partial charge in [-0.25, -0.2) is 0 Å². The summed E-state index contributed by atoms with van der Waals surface area (Å²) in [5, 5.41) is 3.58. The van der Waals surface area contributed by atoms with Crippen LogP contribution in [-0.2, 0) is 9.59 Å². The number of hydrogen-bond donors (Lipinski definition) is 1. The van der Waals surface area contributed by atoms with Crippen LogP contribution in [0.1, 0.15) is 110 Å². The van der Waals surface area contributed by atoms with E-state index in [4.69, 9.17) is 9.47 Å². The molecule has 0 amide bonds. The fourth-order valence-electron chi connectivity index (χ4n) is 6.27. The smallest absolute Gasteiger partial charge is 0.162 e. The first kappa shape index (κ1) is 27.5. The van der Waals surface area contributed by atoms with Crippen LogP contribution in [-0.4, -0.2) is 25.3 Å². The molecule has 0 radical (unpaired) electrons. The normalized spacial score (nSPS) is 20.9. The Kier molecular flexibility index (Phi) is 8.20. The van der Waals surface area contributed by atoms with Gasteiger partial charge in [0, 0.05) is 41.3 Å². The maximum Gasteiger partial charge on any atom is 0.162 e. The van der Waals surface area contributed by atoms with Crippen molar-refractivity contribution in [2.75, 3.05) is 13.7 Å². The number of ketones is 2. The van der Waals surface area contributed by atoms with E-state index in [2.05, 4.69) is 39.9 Å². The number of unbranched alkanes of at least 4 members (excludes halogenated alkanes) is 5. The Morgan fingerprint density at radius 1 is 0.811 bits per heavy atom. The molecule has 0 atom stereocenters. The molecule has 0 spiro atoms. The molecule has 37 heavy (non-hydrogen) atoms. The van der Waals surface area contributed by atoms with Crippen LogP contribution in [0.3, 0.4) is 0 Å². The third-order valence-corrected chi connectivity index (χ3v) is 8.00. The molecule has 0 unspecified atom stereocenters. The Morgan fingerprint density at radius 2 is 1.38 bits per heavy atom. The van der Waals surface area contributed by atoms with Gasteiger partial charge in [0.2, 0.25) is 0 Å². The molecule has 3 aliphatic rings. The minimum absolute atomic E-state index is 0.106. The number of methoxy groups -OCH3 is 1. The van der Waals surface area contributed by atoms with Gasteiger partial charge in [0.1, 0.15) is 0 Å². The van der Waals surface area contributed by atoms with Gasteiger partial charge in [-0.2, -0.15) is 0 Å². The summed E-state index contributed by atoms with van der Waals surface area (Å²) in [7, 11) is 1.65. The molecule has 1 aromatic rings. The topological polar surface area (TPSA) is 64.6 Å². The quantitative estimate of drug-likeness (QED) is 0.334. The van der Waals surface area contributed by atoms with Gasteiger partial charge in [-0.15, -0.1) is 0 Å². The van der Waals surface area contributed by atoms with Crippen LogP contribution < -0.4 is 14.8 Å². The third-order valence-electron chi connectivity index (χ3n) is 8.00. The standard InChI is InChI=1S/C32H45NO4/c1-7-8-9-10-11-12-15-37-26-14-13-21(16-27(26)36-6)28-29-22(17-31(2,3)19-24(29)34)33-23-18-32(4,5)20-25(35)30(23)28/h13-14,16,28,33H,7-12,15,17-20H2,1-6H3. The molecule has 202 valence electrons. The Hall–Kier alpha value is -2.56. The average Bonchev–Trinajstić information content (AvgIpc) is 2.80. The van der Waals surface area contributed by atoms with Gasteiger partial charge in [0.25, 0.3) is 0 Å². The second-order valence-corrected chi connectivity index (χ2v) is 12.8. The SMILES string of the molecule is CCCCCCCCOc1ccc(C2C3=C(CC(C)(C)CC3=O)NC3=C2C(=O)CC(C)(C)C3)cc1OC. The predicted octanol–water partition coefficient (Wildman–Crippen LogP) is 7.41.